The standard InChI is InChI=1S/C18H30N4/c1-15(14-17-8-11-21(5)19-17)7-12-22-13-9-16(20-22)6-10-18(2,3)4/h8-9,11,13,15H,6-7,10,12,14H2,1-5H3. The molecule has 1 unspecified atom stereocenters. The number of hydrogen-bond donors (Lipinski definition) is 0. The summed E-state index contributed by atoms with van der Waals surface area (Å²) in [5.74, 6) is 0.622. The van der Waals surface area contributed by atoms with Gasteiger partial charge in [0, 0.05) is 26.0 Å². The molecule has 122 valence electrons. The van der Waals surface area contributed by atoms with E-state index in [1.807, 2.05) is 17.9 Å². The summed E-state index contributed by atoms with van der Waals surface area (Å²) in [5, 5.41) is 9.14. The second-order valence-corrected chi connectivity index (χ2v) is 7.71. The molecule has 0 aliphatic rings. The van der Waals surface area contributed by atoms with Crippen LogP contribution in [0.5, 0.6) is 0 Å². The summed E-state index contributed by atoms with van der Waals surface area (Å²) in [7, 11) is 1.97. The molecule has 2 heterocycles. The van der Waals surface area contributed by atoms with E-state index in [0.717, 1.165) is 25.8 Å². The van der Waals surface area contributed by atoms with Crippen LogP contribution in [-0.4, -0.2) is 19.6 Å². The predicted molar refractivity (Wildman–Crippen MR) is 90.7 cm³/mol. The molecule has 0 N–H and O–H groups in total. The smallest absolute Gasteiger partial charge is 0.0627 e. The molecule has 0 saturated heterocycles. The highest BCUT2D eigenvalue weighted by atomic mass is 15.3. The summed E-state index contributed by atoms with van der Waals surface area (Å²) in [5.41, 5.74) is 2.77. The van der Waals surface area contributed by atoms with Gasteiger partial charge in [-0.3, -0.25) is 9.36 Å². The van der Waals surface area contributed by atoms with Gasteiger partial charge >= 0.3 is 0 Å². The van der Waals surface area contributed by atoms with Crippen molar-refractivity contribution in [2.24, 2.45) is 18.4 Å². The number of rotatable bonds is 7. The third-order valence-electron chi connectivity index (χ3n) is 4.00. The van der Waals surface area contributed by atoms with Crippen LogP contribution in [0.1, 0.15) is 51.9 Å². The highest BCUT2D eigenvalue weighted by molar-refractivity contribution is 5.01. The molecule has 0 aromatic carbocycles. The first-order chi connectivity index (χ1) is 10.3. The first-order valence-corrected chi connectivity index (χ1v) is 8.33. The van der Waals surface area contributed by atoms with Crippen molar-refractivity contribution >= 4 is 0 Å². The molecule has 4 heteroatoms. The average molecular weight is 302 g/mol. The highest BCUT2D eigenvalue weighted by Crippen LogP contribution is 2.20. The second kappa shape index (κ2) is 7.12. The van der Waals surface area contributed by atoms with Crippen molar-refractivity contribution in [3.8, 4) is 0 Å². The van der Waals surface area contributed by atoms with Crippen molar-refractivity contribution < 1.29 is 0 Å². The topological polar surface area (TPSA) is 35.6 Å². The van der Waals surface area contributed by atoms with Crippen molar-refractivity contribution in [2.75, 3.05) is 0 Å². The van der Waals surface area contributed by atoms with Gasteiger partial charge in [-0.25, -0.2) is 0 Å². The maximum absolute atomic E-state index is 4.69. The molecule has 0 bridgehead atoms. The summed E-state index contributed by atoms with van der Waals surface area (Å²) in [6.45, 7) is 10.1. The molecule has 0 aliphatic heterocycles. The minimum Gasteiger partial charge on any atom is -0.276 e. The van der Waals surface area contributed by atoms with E-state index in [-0.39, 0.29) is 0 Å². The molecule has 4 nitrogen and oxygen atoms in total. The van der Waals surface area contributed by atoms with E-state index in [9.17, 15) is 0 Å². The average Bonchev–Trinajstić information content (AvgIpc) is 3.02. The lowest BCUT2D eigenvalue weighted by molar-refractivity contribution is 0.375. The van der Waals surface area contributed by atoms with Crippen LogP contribution < -0.4 is 0 Å². The van der Waals surface area contributed by atoms with Gasteiger partial charge in [0.2, 0.25) is 0 Å². The Kier molecular flexibility index (Phi) is 5.43. The Morgan fingerprint density at radius 3 is 2.45 bits per heavy atom. The molecular weight excluding hydrogens is 272 g/mol. The van der Waals surface area contributed by atoms with Crippen LogP contribution >= 0.6 is 0 Å². The first-order valence-electron chi connectivity index (χ1n) is 8.33. The zero-order valence-corrected chi connectivity index (χ0v) is 14.7. The van der Waals surface area contributed by atoms with Crippen LogP contribution in [0.4, 0.5) is 0 Å². The Balaban J connectivity index is 1.75. The minimum atomic E-state index is 0.376. The molecule has 2 aromatic heterocycles. The molecule has 0 aliphatic carbocycles. The minimum absolute atomic E-state index is 0.376. The Labute approximate surface area is 134 Å². The van der Waals surface area contributed by atoms with Crippen molar-refractivity contribution in [3.63, 3.8) is 0 Å². The molecule has 0 radical (unpaired) electrons. The maximum atomic E-state index is 4.69. The quantitative estimate of drug-likeness (QED) is 0.778. The normalized spacial score (nSPS) is 13.5. The molecule has 0 fully saturated rings. The Hall–Kier alpha value is -1.58. The van der Waals surface area contributed by atoms with Crippen molar-refractivity contribution in [1.82, 2.24) is 19.6 Å². The van der Waals surface area contributed by atoms with Gasteiger partial charge in [0.15, 0.2) is 0 Å². The van der Waals surface area contributed by atoms with Gasteiger partial charge < -0.3 is 0 Å². The monoisotopic (exact) mass is 302 g/mol. The largest absolute Gasteiger partial charge is 0.276 e. The van der Waals surface area contributed by atoms with Crippen molar-refractivity contribution in [2.45, 2.75) is 59.9 Å². The van der Waals surface area contributed by atoms with Crippen LogP contribution in [0.2, 0.25) is 0 Å². The summed E-state index contributed by atoms with van der Waals surface area (Å²) in [6, 6.07) is 4.27. The van der Waals surface area contributed by atoms with Gasteiger partial charge in [0.05, 0.1) is 11.4 Å². The van der Waals surface area contributed by atoms with Crippen LogP contribution in [-0.2, 0) is 26.4 Å². The van der Waals surface area contributed by atoms with E-state index in [4.69, 9.17) is 5.10 Å². The Bertz CT molecular complexity index is 574. The van der Waals surface area contributed by atoms with Gasteiger partial charge in [-0.2, -0.15) is 10.2 Å². The van der Waals surface area contributed by atoms with Gasteiger partial charge in [0.1, 0.15) is 0 Å². The number of aryl methyl sites for hydroxylation is 3. The molecular formula is C18H30N4. The van der Waals surface area contributed by atoms with E-state index in [0.29, 0.717) is 11.3 Å². The Morgan fingerprint density at radius 2 is 1.82 bits per heavy atom. The summed E-state index contributed by atoms with van der Waals surface area (Å²) >= 11 is 0. The summed E-state index contributed by atoms with van der Waals surface area (Å²) < 4.78 is 3.96. The summed E-state index contributed by atoms with van der Waals surface area (Å²) in [4.78, 5) is 0. The lowest BCUT2D eigenvalue weighted by Crippen LogP contribution is -2.09. The zero-order valence-electron chi connectivity index (χ0n) is 14.7. The molecule has 2 rings (SSSR count). The van der Waals surface area contributed by atoms with Crippen LogP contribution in [0.15, 0.2) is 24.5 Å². The van der Waals surface area contributed by atoms with E-state index >= 15 is 0 Å². The van der Waals surface area contributed by atoms with E-state index in [2.05, 4.69) is 55.8 Å². The molecule has 22 heavy (non-hydrogen) atoms. The van der Waals surface area contributed by atoms with Gasteiger partial charge in [0.25, 0.3) is 0 Å². The number of hydrogen-bond acceptors (Lipinski definition) is 2. The fourth-order valence-electron chi connectivity index (χ4n) is 2.55. The molecule has 0 amide bonds. The van der Waals surface area contributed by atoms with E-state index < -0.39 is 0 Å². The molecule has 0 saturated carbocycles. The molecule has 1 atom stereocenters. The second-order valence-electron chi connectivity index (χ2n) is 7.71. The molecule has 2 aromatic rings. The number of nitrogens with zero attached hydrogens (tertiary/aromatic N) is 4. The zero-order chi connectivity index (χ0) is 16.2. The third-order valence-corrected chi connectivity index (χ3v) is 4.00. The maximum Gasteiger partial charge on any atom is 0.0627 e. The van der Waals surface area contributed by atoms with Crippen LogP contribution in [0, 0.1) is 11.3 Å². The highest BCUT2D eigenvalue weighted by Gasteiger charge is 2.11. The van der Waals surface area contributed by atoms with Gasteiger partial charge in [-0.1, -0.05) is 27.7 Å². The van der Waals surface area contributed by atoms with Crippen LogP contribution in [0.3, 0.4) is 0 Å². The predicted octanol–water partition coefficient (Wildman–Crippen LogP) is 3.86. The third kappa shape index (κ3) is 5.66. The number of aromatic nitrogens is 4. The van der Waals surface area contributed by atoms with Gasteiger partial charge in [-0.15, -0.1) is 0 Å². The Morgan fingerprint density at radius 1 is 1.09 bits per heavy atom. The fraction of sp³-hybridized carbons (Fsp3) is 0.667. The van der Waals surface area contributed by atoms with E-state index in [1.165, 1.54) is 17.8 Å². The van der Waals surface area contributed by atoms with Crippen molar-refractivity contribution in [1.29, 1.82) is 0 Å². The van der Waals surface area contributed by atoms with E-state index in [1.54, 1.807) is 0 Å². The lowest BCUT2D eigenvalue weighted by Gasteiger charge is -2.16. The van der Waals surface area contributed by atoms with Crippen LogP contribution in [0.25, 0.3) is 0 Å². The lowest BCUT2D eigenvalue weighted by atomic mass is 9.90. The summed E-state index contributed by atoms with van der Waals surface area (Å²) in [6.07, 6.45) is 8.55. The van der Waals surface area contributed by atoms with Gasteiger partial charge in [-0.05, 0) is 49.1 Å². The fourth-order valence-corrected chi connectivity index (χ4v) is 2.55. The first kappa shape index (κ1) is 16.8. The van der Waals surface area contributed by atoms with Crippen molar-refractivity contribution in [3.05, 3.63) is 35.9 Å². The SMILES string of the molecule is CC(CCn1ccc(CCC(C)(C)C)n1)Cc1ccn(C)n1. The molecule has 0 spiro atoms.